The maximum Gasteiger partial charge on any atom is 0.253 e. The van der Waals surface area contributed by atoms with E-state index in [9.17, 15) is 28.6 Å². The summed E-state index contributed by atoms with van der Waals surface area (Å²) in [6, 6.07) is 6.87. The maximum atomic E-state index is 13.9. The fourth-order valence-corrected chi connectivity index (χ4v) is 4.81. The number of amides is 2. The van der Waals surface area contributed by atoms with Crippen LogP contribution in [0.4, 0.5) is 8.78 Å². The van der Waals surface area contributed by atoms with Crippen molar-refractivity contribution >= 4 is 11.8 Å². The van der Waals surface area contributed by atoms with Gasteiger partial charge in [0.05, 0.1) is 18.8 Å². The molecule has 9 heteroatoms. The minimum atomic E-state index is -1.13. The number of aliphatic hydroxyl groups excluding tert-OH is 2. The first-order chi connectivity index (χ1) is 19.0. The zero-order valence-corrected chi connectivity index (χ0v) is 24.3. The number of hydrogen-bond acceptors (Lipinski definition) is 5. The van der Waals surface area contributed by atoms with Gasteiger partial charge in [-0.15, -0.1) is 0 Å². The Morgan fingerprint density at radius 1 is 0.950 bits per heavy atom. The van der Waals surface area contributed by atoms with Crippen LogP contribution in [-0.2, 0) is 6.42 Å². The van der Waals surface area contributed by atoms with Crippen molar-refractivity contribution in [3.8, 4) is 0 Å². The van der Waals surface area contributed by atoms with Crippen LogP contribution in [0.3, 0.4) is 0 Å². The van der Waals surface area contributed by atoms with Crippen LogP contribution in [0.2, 0.25) is 0 Å². The molecule has 0 saturated heterocycles. The highest BCUT2D eigenvalue weighted by molar-refractivity contribution is 6.00. The lowest BCUT2D eigenvalue weighted by atomic mass is 9.98. The summed E-state index contributed by atoms with van der Waals surface area (Å²) in [4.78, 5) is 28.4. The molecule has 4 N–H and O–H groups in total. The lowest BCUT2D eigenvalue weighted by Crippen LogP contribution is -2.50. The molecule has 222 valence electrons. The monoisotopic (exact) mass is 561 g/mol. The molecule has 0 unspecified atom stereocenters. The van der Waals surface area contributed by atoms with Crippen molar-refractivity contribution < 1.29 is 28.6 Å². The van der Waals surface area contributed by atoms with Crippen LogP contribution in [-0.4, -0.2) is 71.4 Å². The van der Waals surface area contributed by atoms with Gasteiger partial charge in [0.15, 0.2) is 0 Å². The normalized spacial score (nSPS) is 13.7. The first kappa shape index (κ1) is 33.3. The lowest BCUT2D eigenvalue weighted by Gasteiger charge is -2.27. The van der Waals surface area contributed by atoms with Gasteiger partial charge in [0.1, 0.15) is 11.6 Å². The molecule has 0 aromatic heterocycles. The number of aryl methyl sites for hydroxylation is 1. The molecule has 7 nitrogen and oxygen atoms in total. The molecule has 0 aliphatic rings. The summed E-state index contributed by atoms with van der Waals surface area (Å²) in [5.41, 5.74) is 1.66. The Bertz CT molecular complexity index is 1090. The summed E-state index contributed by atoms with van der Waals surface area (Å²) in [7, 11) is 0. The number of aliphatic hydroxyl groups is 2. The van der Waals surface area contributed by atoms with Gasteiger partial charge in [0.2, 0.25) is 0 Å². The van der Waals surface area contributed by atoms with Crippen LogP contribution >= 0.6 is 0 Å². The second kappa shape index (κ2) is 16.4. The Labute approximate surface area is 237 Å². The summed E-state index contributed by atoms with van der Waals surface area (Å²) < 4.78 is 27.8. The standard InChI is InChI=1S/C31H45F2N3O4/c1-6-8-36(9-7-2)31(40)24-12-21(5)11-23(16-24)30(39)35-28(15-22-13-25(32)17-26(33)14-22)29(38)18-34-27(19-37)10-20(3)4/h11-14,16-17,20,27-29,34,37-38H,6-10,15,18-19H2,1-5H3,(H,35,39)/t27-,28-,29+/m0/s1. The van der Waals surface area contributed by atoms with Gasteiger partial charge in [-0.1, -0.05) is 27.7 Å². The molecule has 0 radical (unpaired) electrons. The molecule has 40 heavy (non-hydrogen) atoms. The summed E-state index contributed by atoms with van der Waals surface area (Å²) in [5, 5.41) is 26.7. The fraction of sp³-hybridized carbons (Fsp3) is 0.548. The van der Waals surface area contributed by atoms with Crippen molar-refractivity contribution in [3.63, 3.8) is 0 Å². The van der Waals surface area contributed by atoms with Gasteiger partial charge in [0.25, 0.3) is 11.8 Å². The van der Waals surface area contributed by atoms with Crippen LogP contribution in [0.25, 0.3) is 0 Å². The first-order valence-corrected chi connectivity index (χ1v) is 14.2. The summed E-state index contributed by atoms with van der Waals surface area (Å²) in [6.45, 7) is 11.0. The molecular formula is C31H45F2N3O4. The van der Waals surface area contributed by atoms with E-state index >= 15 is 0 Å². The third-order valence-corrected chi connectivity index (χ3v) is 6.61. The number of benzene rings is 2. The van der Waals surface area contributed by atoms with Gasteiger partial charge in [-0.2, -0.15) is 0 Å². The largest absolute Gasteiger partial charge is 0.395 e. The summed E-state index contributed by atoms with van der Waals surface area (Å²) in [5.74, 6) is -1.86. The number of carbonyl (C=O) groups excluding carboxylic acids is 2. The van der Waals surface area contributed by atoms with Crippen LogP contribution in [0.15, 0.2) is 36.4 Å². The Morgan fingerprint density at radius 3 is 2.10 bits per heavy atom. The smallest absolute Gasteiger partial charge is 0.253 e. The van der Waals surface area contributed by atoms with E-state index in [1.165, 1.54) is 6.07 Å². The molecule has 0 aliphatic carbocycles. The van der Waals surface area contributed by atoms with E-state index in [2.05, 4.69) is 10.6 Å². The minimum absolute atomic E-state index is 0.0321. The van der Waals surface area contributed by atoms with Crippen LogP contribution in [0.1, 0.15) is 78.8 Å². The van der Waals surface area contributed by atoms with E-state index < -0.39 is 29.7 Å². The van der Waals surface area contributed by atoms with E-state index in [4.69, 9.17) is 0 Å². The van der Waals surface area contributed by atoms with Gasteiger partial charge in [-0.05, 0) is 80.0 Å². The second-order valence-corrected chi connectivity index (χ2v) is 10.9. The van der Waals surface area contributed by atoms with Crippen molar-refractivity contribution in [2.24, 2.45) is 5.92 Å². The number of nitrogens with zero attached hydrogens (tertiary/aromatic N) is 1. The highest BCUT2D eigenvalue weighted by atomic mass is 19.1. The van der Waals surface area contributed by atoms with Gasteiger partial charge in [0, 0.05) is 42.9 Å². The number of nitrogens with one attached hydrogen (secondary N) is 2. The maximum absolute atomic E-state index is 13.9. The number of hydrogen-bond donors (Lipinski definition) is 4. The average molecular weight is 562 g/mol. The van der Waals surface area contributed by atoms with Gasteiger partial charge in [-0.25, -0.2) is 8.78 Å². The summed E-state index contributed by atoms with van der Waals surface area (Å²) in [6.07, 6.45) is 1.14. The molecule has 0 spiro atoms. The number of rotatable bonds is 16. The predicted octanol–water partition coefficient (Wildman–Crippen LogP) is 4.23. The van der Waals surface area contributed by atoms with Crippen molar-refractivity contribution in [2.75, 3.05) is 26.2 Å². The van der Waals surface area contributed by atoms with Crippen molar-refractivity contribution in [1.82, 2.24) is 15.5 Å². The van der Waals surface area contributed by atoms with Crippen molar-refractivity contribution in [2.45, 2.75) is 78.5 Å². The molecule has 2 aromatic rings. The Balaban J connectivity index is 2.31. The Kier molecular flexibility index (Phi) is 13.7. The molecule has 2 amide bonds. The van der Waals surface area contributed by atoms with E-state index in [1.54, 1.807) is 24.0 Å². The second-order valence-electron chi connectivity index (χ2n) is 10.9. The fourth-order valence-electron chi connectivity index (χ4n) is 4.81. The highest BCUT2D eigenvalue weighted by Crippen LogP contribution is 2.16. The number of carbonyl (C=O) groups is 2. The summed E-state index contributed by atoms with van der Waals surface area (Å²) >= 11 is 0. The molecule has 2 rings (SSSR count). The van der Waals surface area contributed by atoms with Gasteiger partial charge in [-0.3, -0.25) is 9.59 Å². The van der Waals surface area contributed by atoms with E-state index in [-0.39, 0.29) is 42.6 Å². The van der Waals surface area contributed by atoms with Gasteiger partial charge >= 0.3 is 0 Å². The number of halogens is 2. The molecular weight excluding hydrogens is 516 g/mol. The molecule has 0 saturated carbocycles. The van der Waals surface area contributed by atoms with Crippen LogP contribution < -0.4 is 10.6 Å². The molecule has 0 heterocycles. The van der Waals surface area contributed by atoms with E-state index in [0.29, 0.717) is 31.0 Å². The van der Waals surface area contributed by atoms with E-state index in [0.717, 1.165) is 36.6 Å². The average Bonchev–Trinajstić information content (AvgIpc) is 2.88. The SMILES string of the molecule is CCCN(CCC)C(=O)c1cc(C)cc(C(=O)N[C@@H](Cc2cc(F)cc(F)c2)[C@H](O)CN[C@H](CO)CC(C)C)c1. The zero-order valence-electron chi connectivity index (χ0n) is 24.3. The molecule has 0 bridgehead atoms. The first-order valence-electron chi connectivity index (χ1n) is 14.2. The zero-order chi connectivity index (χ0) is 29.8. The molecule has 0 fully saturated rings. The third-order valence-electron chi connectivity index (χ3n) is 6.61. The molecule has 0 aliphatic heterocycles. The van der Waals surface area contributed by atoms with Crippen LogP contribution in [0.5, 0.6) is 0 Å². The minimum Gasteiger partial charge on any atom is -0.395 e. The Hall–Kier alpha value is -2.88. The van der Waals surface area contributed by atoms with Crippen molar-refractivity contribution in [3.05, 3.63) is 70.3 Å². The van der Waals surface area contributed by atoms with Crippen molar-refractivity contribution in [1.29, 1.82) is 0 Å². The van der Waals surface area contributed by atoms with Gasteiger partial charge < -0.3 is 25.7 Å². The van der Waals surface area contributed by atoms with Crippen LogP contribution in [0, 0.1) is 24.5 Å². The highest BCUT2D eigenvalue weighted by Gasteiger charge is 2.25. The molecule has 2 aromatic carbocycles. The van der Waals surface area contributed by atoms with E-state index in [1.807, 2.05) is 27.7 Å². The topological polar surface area (TPSA) is 102 Å². The predicted molar refractivity (Wildman–Crippen MR) is 153 cm³/mol. The quantitative estimate of drug-likeness (QED) is 0.246. The lowest BCUT2D eigenvalue weighted by molar-refractivity contribution is 0.0755. The Morgan fingerprint density at radius 2 is 1.55 bits per heavy atom. The third kappa shape index (κ3) is 10.6. The molecule has 3 atom stereocenters.